The molecule has 0 fully saturated rings. The fraction of sp³-hybridized carbons (Fsp3) is 0. The van der Waals surface area contributed by atoms with Gasteiger partial charge < -0.3 is 0 Å². The van der Waals surface area contributed by atoms with Gasteiger partial charge in [-0.25, -0.2) is 0 Å². The van der Waals surface area contributed by atoms with Gasteiger partial charge >= 0.3 is 0 Å². The minimum absolute atomic E-state index is 0.0687. The van der Waals surface area contributed by atoms with Gasteiger partial charge in [0, 0.05) is 22.3 Å². The molecule has 3 heteroatoms. The molecule has 17 heavy (non-hydrogen) atoms. The van der Waals surface area contributed by atoms with Gasteiger partial charge in [0.2, 0.25) is 0 Å². The van der Waals surface area contributed by atoms with E-state index in [2.05, 4.69) is 9.24 Å². The summed E-state index contributed by atoms with van der Waals surface area (Å²) in [4.78, 5) is 24.6. The van der Waals surface area contributed by atoms with Gasteiger partial charge in [-0.15, -0.1) is 9.24 Å². The Morgan fingerprint density at radius 2 is 1.29 bits per heavy atom. The minimum atomic E-state index is -0.0699. The molecule has 1 aliphatic carbocycles. The molecule has 0 aliphatic heterocycles. The molecule has 3 rings (SSSR count). The van der Waals surface area contributed by atoms with Gasteiger partial charge in [0.15, 0.2) is 11.6 Å². The summed E-state index contributed by atoms with van der Waals surface area (Å²) in [6.45, 7) is 0. The van der Waals surface area contributed by atoms with Gasteiger partial charge in [0.1, 0.15) is 0 Å². The zero-order valence-electron chi connectivity index (χ0n) is 8.94. The van der Waals surface area contributed by atoms with Crippen LogP contribution in [0.2, 0.25) is 0 Å². The van der Waals surface area contributed by atoms with Crippen molar-refractivity contribution in [3.05, 3.63) is 64.7 Å². The average Bonchev–Trinajstić information content (AvgIpc) is 2.36. The zero-order valence-corrected chi connectivity index (χ0v) is 10.1. The van der Waals surface area contributed by atoms with Crippen molar-refractivity contribution in [1.29, 1.82) is 0 Å². The smallest absolute Gasteiger partial charge is 0.195 e. The largest absolute Gasteiger partial charge is 0.289 e. The highest BCUT2D eigenvalue weighted by Crippen LogP contribution is 2.26. The molecule has 2 aromatic rings. The van der Waals surface area contributed by atoms with Crippen LogP contribution in [0.5, 0.6) is 0 Å². The number of hydrogen-bond donors (Lipinski definition) is 0. The summed E-state index contributed by atoms with van der Waals surface area (Å²) in [5.74, 6) is -0.139. The first-order valence-corrected chi connectivity index (χ1v) is 5.85. The number of fused-ring (bicyclic) bond motifs is 2. The first kappa shape index (κ1) is 10.4. The highest BCUT2D eigenvalue weighted by Gasteiger charge is 2.29. The SMILES string of the molecule is O=C1c2ccccc2C(=O)c2c(P)cccc21. The van der Waals surface area contributed by atoms with Crippen molar-refractivity contribution in [3.8, 4) is 0 Å². The van der Waals surface area contributed by atoms with Crippen LogP contribution in [0.4, 0.5) is 0 Å². The summed E-state index contributed by atoms with van der Waals surface area (Å²) < 4.78 is 0. The first-order chi connectivity index (χ1) is 8.20. The summed E-state index contributed by atoms with van der Waals surface area (Å²) in [6.07, 6.45) is 0. The van der Waals surface area contributed by atoms with E-state index in [0.717, 1.165) is 5.30 Å². The molecule has 0 heterocycles. The molecule has 0 N–H and O–H groups in total. The molecule has 0 aromatic heterocycles. The monoisotopic (exact) mass is 240 g/mol. The fourth-order valence-electron chi connectivity index (χ4n) is 2.17. The second-order valence-corrected chi connectivity index (χ2v) is 4.60. The molecule has 0 amide bonds. The molecule has 0 saturated carbocycles. The van der Waals surface area contributed by atoms with E-state index in [1.807, 2.05) is 6.07 Å². The molecular weight excluding hydrogens is 231 g/mol. The summed E-state index contributed by atoms with van der Waals surface area (Å²) in [5, 5.41) is 0.773. The Hall–Kier alpha value is -1.79. The van der Waals surface area contributed by atoms with Crippen molar-refractivity contribution >= 4 is 26.1 Å². The fourth-order valence-corrected chi connectivity index (χ4v) is 2.57. The highest BCUT2D eigenvalue weighted by molar-refractivity contribution is 7.27. The van der Waals surface area contributed by atoms with Crippen molar-refractivity contribution < 1.29 is 9.59 Å². The van der Waals surface area contributed by atoms with E-state index in [1.165, 1.54) is 0 Å². The van der Waals surface area contributed by atoms with Crippen LogP contribution in [-0.4, -0.2) is 11.6 Å². The molecule has 2 aromatic carbocycles. The van der Waals surface area contributed by atoms with Gasteiger partial charge in [-0.1, -0.05) is 42.5 Å². The third-order valence-corrected chi connectivity index (χ3v) is 3.47. The van der Waals surface area contributed by atoms with E-state index in [1.54, 1.807) is 36.4 Å². The van der Waals surface area contributed by atoms with Crippen LogP contribution in [0.3, 0.4) is 0 Å². The Morgan fingerprint density at radius 1 is 0.706 bits per heavy atom. The van der Waals surface area contributed by atoms with Crippen LogP contribution < -0.4 is 5.30 Å². The maximum Gasteiger partial charge on any atom is 0.195 e. The van der Waals surface area contributed by atoms with Crippen molar-refractivity contribution in [2.75, 3.05) is 0 Å². The van der Waals surface area contributed by atoms with Gasteiger partial charge in [0.25, 0.3) is 0 Å². The van der Waals surface area contributed by atoms with E-state index < -0.39 is 0 Å². The summed E-state index contributed by atoms with van der Waals surface area (Å²) in [7, 11) is 2.51. The van der Waals surface area contributed by atoms with Crippen molar-refractivity contribution in [2.24, 2.45) is 0 Å². The van der Waals surface area contributed by atoms with E-state index in [0.29, 0.717) is 22.3 Å². The van der Waals surface area contributed by atoms with Crippen LogP contribution in [0.15, 0.2) is 42.5 Å². The van der Waals surface area contributed by atoms with Crippen molar-refractivity contribution in [1.82, 2.24) is 0 Å². The maximum atomic E-state index is 12.3. The van der Waals surface area contributed by atoms with E-state index in [9.17, 15) is 9.59 Å². The number of carbonyl (C=O) groups excluding carboxylic acids is 2. The lowest BCUT2D eigenvalue weighted by Gasteiger charge is -2.18. The number of carbonyl (C=O) groups is 2. The normalized spacial score (nSPS) is 13.2. The zero-order chi connectivity index (χ0) is 12.0. The van der Waals surface area contributed by atoms with Crippen LogP contribution in [0, 0.1) is 0 Å². The lowest BCUT2D eigenvalue weighted by molar-refractivity contribution is 0.0980. The van der Waals surface area contributed by atoms with Crippen molar-refractivity contribution in [2.45, 2.75) is 0 Å². The Morgan fingerprint density at radius 3 is 2.00 bits per heavy atom. The number of ketones is 2. The van der Waals surface area contributed by atoms with Crippen molar-refractivity contribution in [3.63, 3.8) is 0 Å². The van der Waals surface area contributed by atoms with Crippen LogP contribution >= 0.6 is 9.24 Å². The minimum Gasteiger partial charge on any atom is -0.289 e. The maximum absolute atomic E-state index is 12.3. The van der Waals surface area contributed by atoms with Gasteiger partial charge in [-0.2, -0.15) is 0 Å². The molecule has 2 nitrogen and oxygen atoms in total. The Kier molecular flexibility index (Phi) is 2.20. The Bertz CT molecular complexity index is 659. The molecule has 0 spiro atoms. The molecule has 0 bridgehead atoms. The molecule has 0 saturated heterocycles. The quantitative estimate of drug-likeness (QED) is 0.563. The summed E-state index contributed by atoms with van der Waals surface area (Å²) >= 11 is 0. The van der Waals surface area contributed by atoms with E-state index >= 15 is 0 Å². The summed E-state index contributed by atoms with van der Waals surface area (Å²) in [5.41, 5.74) is 2.02. The number of hydrogen-bond acceptors (Lipinski definition) is 2. The van der Waals surface area contributed by atoms with Gasteiger partial charge in [0.05, 0.1) is 0 Å². The molecule has 0 radical (unpaired) electrons. The lowest BCUT2D eigenvalue weighted by Crippen LogP contribution is -2.25. The van der Waals surface area contributed by atoms with E-state index in [-0.39, 0.29) is 11.6 Å². The summed E-state index contributed by atoms with van der Waals surface area (Å²) in [6, 6.07) is 12.3. The predicted molar refractivity (Wildman–Crippen MR) is 69.1 cm³/mol. The molecule has 1 atom stereocenters. The molecule has 1 unspecified atom stereocenters. The molecular formula is C14H9O2P. The van der Waals surface area contributed by atoms with Crippen LogP contribution in [0.1, 0.15) is 31.8 Å². The average molecular weight is 240 g/mol. The second-order valence-electron chi connectivity index (χ2n) is 3.97. The van der Waals surface area contributed by atoms with Gasteiger partial charge in [-0.05, 0) is 5.30 Å². The number of rotatable bonds is 0. The predicted octanol–water partition coefficient (Wildman–Crippen LogP) is 1.96. The van der Waals surface area contributed by atoms with Gasteiger partial charge in [-0.3, -0.25) is 9.59 Å². The first-order valence-electron chi connectivity index (χ1n) is 5.27. The third kappa shape index (κ3) is 1.38. The van der Waals surface area contributed by atoms with Crippen LogP contribution in [0.25, 0.3) is 0 Å². The Balaban J connectivity index is 2.37. The topological polar surface area (TPSA) is 34.1 Å². The highest BCUT2D eigenvalue weighted by atomic mass is 31.0. The van der Waals surface area contributed by atoms with E-state index in [4.69, 9.17) is 0 Å². The standard InChI is InChI=1S/C14H9O2P/c15-13-8-4-1-2-5-9(8)14(16)12-10(13)6-3-7-11(12)17/h1-7H,17H2. The Labute approximate surface area is 101 Å². The second kappa shape index (κ2) is 3.61. The number of benzene rings is 2. The molecule has 82 valence electrons. The molecule has 1 aliphatic rings. The third-order valence-electron chi connectivity index (χ3n) is 2.98. The lowest BCUT2D eigenvalue weighted by atomic mass is 9.84. The van der Waals surface area contributed by atoms with Crippen LogP contribution in [-0.2, 0) is 0 Å².